The molecule has 2 heterocycles. The minimum absolute atomic E-state index is 0.0507. The minimum Gasteiger partial charge on any atom is -0.454 e. The Morgan fingerprint density at radius 3 is 2.80 bits per heavy atom. The van der Waals surface area contributed by atoms with Gasteiger partial charge in [0, 0.05) is 7.05 Å². The van der Waals surface area contributed by atoms with Gasteiger partial charge in [0.2, 0.25) is 11.6 Å². The molecule has 1 aromatic heterocycles. The van der Waals surface area contributed by atoms with E-state index in [1.54, 1.807) is 0 Å². The summed E-state index contributed by atoms with van der Waals surface area (Å²) in [5, 5.41) is 19.5. The molecule has 4 rings (SSSR count). The van der Waals surface area contributed by atoms with Crippen molar-refractivity contribution >= 4 is 33.5 Å². The van der Waals surface area contributed by atoms with Crippen LogP contribution in [0.3, 0.4) is 0 Å². The van der Waals surface area contributed by atoms with E-state index in [2.05, 4.69) is 10.2 Å². The van der Waals surface area contributed by atoms with Gasteiger partial charge in [-0.05, 0) is 18.2 Å². The topological polar surface area (TPSA) is 91.2 Å². The molecule has 2 aromatic carbocycles. The number of nitro groups is 1. The number of aromatic nitrogens is 1. The zero-order valence-electron chi connectivity index (χ0n) is 13.1. The van der Waals surface area contributed by atoms with Crippen molar-refractivity contribution in [2.45, 2.75) is 0 Å². The van der Waals surface area contributed by atoms with E-state index in [0.717, 1.165) is 10.2 Å². The molecule has 0 aliphatic carbocycles. The monoisotopic (exact) mass is 356 g/mol. The van der Waals surface area contributed by atoms with Crippen molar-refractivity contribution in [1.29, 1.82) is 0 Å². The molecule has 0 radical (unpaired) electrons. The second-order valence-electron chi connectivity index (χ2n) is 5.28. The van der Waals surface area contributed by atoms with Crippen LogP contribution >= 0.6 is 11.3 Å². The number of nitro benzene ring substituents is 1. The van der Waals surface area contributed by atoms with Gasteiger partial charge in [-0.1, -0.05) is 23.5 Å². The Morgan fingerprint density at radius 1 is 1.28 bits per heavy atom. The van der Waals surface area contributed by atoms with Gasteiger partial charge in [0.05, 0.1) is 33.0 Å². The number of thiazole rings is 1. The van der Waals surface area contributed by atoms with Crippen LogP contribution in [0.1, 0.15) is 5.56 Å². The zero-order valence-corrected chi connectivity index (χ0v) is 13.9. The Morgan fingerprint density at radius 2 is 2.04 bits per heavy atom. The van der Waals surface area contributed by atoms with Gasteiger partial charge in [0.15, 0.2) is 11.5 Å². The maximum Gasteiger partial charge on any atom is 0.282 e. The molecule has 1 aliphatic rings. The summed E-state index contributed by atoms with van der Waals surface area (Å²) in [7, 11) is 1.90. The summed E-state index contributed by atoms with van der Waals surface area (Å²) in [5.74, 6) is 0.816. The second kappa shape index (κ2) is 6.02. The largest absolute Gasteiger partial charge is 0.454 e. The molecule has 3 aromatic rings. The van der Waals surface area contributed by atoms with E-state index in [1.807, 2.05) is 35.9 Å². The summed E-state index contributed by atoms with van der Waals surface area (Å²) in [5.41, 5.74) is 1.25. The van der Waals surface area contributed by atoms with Crippen molar-refractivity contribution in [3.63, 3.8) is 0 Å². The van der Waals surface area contributed by atoms with Crippen molar-refractivity contribution in [3.8, 4) is 11.5 Å². The predicted octanol–water partition coefficient (Wildman–Crippen LogP) is 2.81. The number of ether oxygens (including phenoxy) is 2. The number of benzene rings is 2. The molecule has 0 unspecified atom stereocenters. The number of para-hydroxylation sites is 1. The maximum atomic E-state index is 11.2. The summed E-state index contributed by atoms with van der Waals surface area (Å²) in [6, 6.07) is 10.8. The van der Waals surface area contributed by atoms with Crippen LogP contribution in [0.2, 0.25) is 0 Å². The van der Waals surface area contributed by atoms with Crippen LogP contribution in [0.4, 0.5) is 5.69 Å². The first-order chi connectivity index (χ1) is 12.1. The number of rotatable bonds is 3. The van der Waals surface area contributed by atoms with Crippen molar-refractivity contribution < 1.29 is 14.4 Å². The zero-order chi connectivity index (χ0) is 17.4. The van der Waals surface area contributed by atoms with Gasteiger partial charge in [0.25, 0.3) is 5.69 Å². The average Bonchev–Trinajstić information content (AvgIpc) is 3.19. The first-order valence-electron chi connectivity index (χ1n) is 7.33. The lowest BCUT2D eigenvalue weighted by Crippen LogP contribution is -2.08. The molecule has 0 spiro atoms. The summed E-state index contributed by atoms with van der Waals surface area (Å²) >= 11 is 1.49. The van der Waals surface area contributed by atoms with Crippen LogP contribution in [-0.4, -0.2) is 22.5 Å². The highest BCUT2D eigenvalue weighted by Crippen LogP contribution is 2.37. The van der Waals surface area contributed by atoms with E-state index < -0.39 is 4.92 Å². The fraction of sp³-hybridized carbons (Fsp3) is 0.125. The molecule has 0 amide bonds. The number of nitrogens with zero attached hydrogens (tertiary/aromatic N) is 4. The lowest BCUT2D eigenvalue weighted by Gasteiger charge is -1.99. The van der Waals surface area contributed by atoms with Crippen LogP contribution in [0.5, 0.6) is 11.5 Å². The van der Waals surface area contributed by atoms with Gasteiger partial charge in [-0.25, -0.2) is 0 Å². The first-order valence-corrected chi connectivity index (χ1v) is 8.15. The molecule has 0 atom stereocenters. The van der Waals surface area contributed by atoms with Gasteiger partial charge < -0.3 is 14.0 Å². The predicted molar refractivity (Wildman–Crippen MR) is 93.2 cm³/mol. The van der Waals surface area contributed by atoms with E-state index in [-0.39, 0.29) is 12.5 Å². The lowest BCUT2D eigenvalue weighted by molar-refractivity contribution is -0.385. The molecule has 0 bridgehead atoms. The third-order valence-corrected chi connectivity index (χ3v) is 4.88. The van der Waals surface area contributed by atoms with Crippen LogP contribution in [0, 0.1) is 10.1 Å². The summed E-state index contributed by atoms with van der Waals surface area (Å²) in [6.07, 6.45) is 1.35. The summed E-state index contributed by atoms with van der Waals surface area (Å²) in [6.45, 7) is 0.0507. The smallest absolute Gasteiger partial charge is 0.282 e. The Bertz CT molecular complexity index is 1080. The van der Waals surface area contributed by atoms with Crippen molar-refractivity contribution in [2.75, 3.05) is 6.79 Å². The third-order valence-electron chi connectivity index (χ3n) is 3.77. The minimum atomic E-state index is -0.483. The van der Waals surface area contributed by atoms with E-state index in [1.165, 1.54) is 29.7 Å². The molecule has 8 nitrogen and oxygen atoms in total. The standard InChI is InChI=1S/C16H12N4O4S/c1-19-11-4-2-3-5-15(11)25-16(19)18-17-8-10-6-13-14(24-9-23-13)7-12(10)20(21)22/h2-8H,9H2,1H3. The van der Waals surface area contributed by atoms with Gasteiger partial charge in [-0.2, -0.15) is 5.10 Å². The van der Waals surface area contributed by atoms with E-state index in [4.69, 9.17) is 9.47 Å². The molecule has 0 saturated heterocycles. The summed E-state index contributed by atoms with van der Waals surface area (Å²) in [4.78, 5) is 11.5. The lowest BCUT2D eigenvalue weighted by atomic mass is 10.1. The van der Waals surface area contributed by atoms with Gasteiger partial charge in [-0.15, -0.1) is 5.10 Å². The van der Waals surface area contributed by atoms with E-state index in [0.29, 0.717) is 21.9 Å². The fourth-order valence-corrected chi connectivity index (χ4v) is 3.50. The number of hydrogen-bond donors (Lipinski definition) is 0. The first kappa shape index (κ1) is 15.3. The van der Waals surface area contributed by atoms with Crippen LogP contribution in [0.25, 0.3) is 10.2 Å². The van der Waals surface area contributed by atoms with Crippen LogP contribution in [-0.2, 0) is 7.05 Å². The van der Waals surface area contributed by atoms with Crippen LogP contribution in [0.15, 0.2) is 46.6 Å². The third kappa shape index (κ3) is 2.74. The molecule has 0 fully saturated rings. The van der Waals surface area contributed by atoms with Crippen LogP contribution < -0.4 is 14.3 Å². The molecule has 0 saturated carbocycles. The van der Waals surface area contributed by atoms with Crippen molar-refractivity contribution in [1.82, 2.24) is 4.57 Å². The molecule has 126 valence electrons. The second-order valence-corrected chi connectivity index (χ2v) is 6.29. The Kier molecular flexibility index (Phi) is 3.69. The maximum absolute atomic E-state index is 11.2. The van der Waals surface area contributed by atoms with Crippen molar-refractivity contribution in [2.24, 2.45) is 17.3 Å². The highest BCUT2D eigenvalue weighted by molar-refractivity contribution is 7.16. The molecule has 1 aliphatic heterocycles. The number of hydrogen-bond acceptors (Lipinski definition) is 7. The highest BCUT2D eigenvalue weighted by Gasteiger charge is 2.22. The number of fused-ring (bicyclic) bond motifs is 2. The number of aryl methyl sites for hydroxylation is 1. The van der Waals surface area contributed by atoms with Crippen molar-refractivity contribution in [3.05, 3.63) is 56.9 Å². The fourth-order valence-electron chi connectivity index (χ4n) is 2.53. The Labute approximate surface area is 145 Å². The van der Waals surface area contributed by atoms with E-state index in [9.17, 15) is 10.1 Å². The highest BCUT2D eigenvalue weighted by atomic mass is 32.1. The van der Waals surface area contributed by atoms with E-state index >= 15 is 0 Å². The average molecular weight is 356 g/mol. The molecule has 0 N–H and O–H groups in total. The quantitative estimate of drug-likeness (QED) is 0.410. The molecule has 25 heavy (non-hydrogen) atoms. The Balaban J connectivity index is 1.74. The molecular formula is C16H12N4O4S. The van der Waals surface area contributed by atoms with Gasteiger partial charge in [0.1, 0.15) is 0 Å². The molecular weight excluding hydrogens is 344 g/mol. The Hall–Kier alpha value is -3.20. The molecule has 9 heteroatoms. The normalized spacial score (nSPS) is 13.9. The van der Waals surface area contributed by atoms with Gasteiger partial charge >= 0.3 is 0 Å². The summed E-state index contributed by atoms with van der Waals surface area (Å²) < 4.78 is 13.4. The van der Waals surface area contributed by atoms with Gasteiger partial charge in [-0.3, -0.25) is 10.1 Å². The SMILES string of the molecule is Cn1c(=NN=Cc2cc3c(cc2[N+](=O)[O-])OCO3)sc2ccccc21.